The number of rotatable bonds is 4. The van der Waals surface area contributed by atoms with Crippen LogP contribution in [-0.2, 0) is 4.79 Å². The Bertz CT molecular complexity index is 1200. The molecule has 2 aromatic rings. The van der Waals surface area contributed by atoms with Crippen LogP contribution in [0.25, 0.3) is 11.8 Å². The monoisotopic (exact) mass is 455 g/mol. The van der Waals surface area contributed by atoms with E-state index in [1.54, 1.807) is 20.3 Å². The maximum Gasteiger partial charge on any atom is 0.283 e. The second-order valence-corrected chi connectivity index (χ2v) is 8.80. The third kappa shape index (κ3) is 3.66. The maximum absolute atomic E-state index is 12.7. The van der Waals surface area contributed by atoms with Crippen molar-refractivity contribution in [2.45, 2.75) is 13.8 Å². The number of aryl methyl sites for hydroxylation is 1. The fraction of sp³-hybridized carbons (Fsp3) is 0.238. The van der Waals surface area contributed by atoms with Gasteiger partial charge < -0.3 is 14.0 Å². The van der Waals surface area contributed by atoms with Gasteiger partial charge in [0.15, 0.2) is 10.2 Å². The average Bonchev–Trinajstić information content (AvgIpc) is 3.30. The number of hydrogen-bond acceptors (Lipinski definition) is 7. The zero-order chi connectivity index (χ0) is 22.3. The van der Waals surface area contributed by atoms with E-state index in [9.17, 15) is 4.79 Å². The highest BCUT2D eigenvalue weighted by Crippen LogP contribution is 2.34. The molecule has 10 heteroatoms. The number of methoxy groups -OCH3 is 2. The number of fused-ring (bicyclic) bond motifs is 1. The summed E-state index contributed by atoms with van der Waals surface area (Å²) in [4.78, 5) is 16.8. The number of aliphatic imine (C=N–C) groups is 1. The summed E-state index contributed by atoms with van der Waals surface area (Å²) in [6.07, 6.45) is 3.60. The molecule has 0 saturated carbocycles. The molecule has 0 spiro atoms. The topological polar surface area (TPSA) is 92.3 Å². The van der Waals surface area contributed by atoms with Crippen molar-refractivity contribution in [1.82, 2.24) is 9.58 Å². The summed E-state index contributed by atoms with van der Waals surface area (Å²) in [5.74, 6) is 0.963. The number of carbonyl (C=O) groups is 1. The van der Waals surface area contributed by atoms with Gasteiger partial charge in [0.25, 0.3) is 5.91 Å². The highest BCUT2D eigenvalue weighted by Gasteiger charge is 2.35. The van der Waals surface area contributed by atoms with Gasteiger partial charge in [0.2, 0.25) is 5.17 Å². The van der Waals surface area contributed by atoms with Crippen LogP contribution >= 0.6 is 23.5 Å². The van der Waals surface area contributed by atoms with E-state index in [1.807, 2.05) is 48.9 Å². The van der Waals surface area contributed by atoms with E-state index in [0.717, 1.165) is 27.0 Å². The molecule has 1 aromatic heterocycles. The van der Waals surface area contributed by atoms with Crippen LogP contribution in [0.4, 0.5) is 0 Å². The Morgan fingerprint density at radius 1 is 1.19 bits per heavy atom. The van der Waals surface area contributed by atoms with E-state index in [4.69, 9.17) is 14.9 Å². The van der Waals surface area contributed by atoms with E-state index < -0.39 is 5.91 Å². The first-order valence-corrected chi connectivity index (χ1v) is 11.4. The minimum absolute atomic E-state index is 0.0263. The molecule has 4 rings (SSSR count). The Balaban J connectivity index is 1.77. The van der Waals surface area contributed by atoms with Crippen molar-refractivity contribution in [3.63, 3.8) is 0 Å². The van der Waals surface area contributed by atoms with Gasteiger partial charge in [-0.15, -0.1) is 16.9 Å². The molecule has 0 bridgehead atoms. The second-order valence-electron chi connectivity index (χ2n) is 6.79. The molecule has 8 nitrogen and oxygen atoms in total. The third-order valence-electron chi connectivity index (χ3n) is 5.01. The van der Waals surface area contributed by atoms with Crippen LogP contribution in [-0.4, -0.2) is 51.3 Å². The molecular formula is C21H21N5O3S2. The molecular weight excluding hydrogens is 434 g/mol. The van der Waals surface area contributed by atoms with Gasteiger partial charge in [-0.25, -0.2) is 0 Å². The third-order valence-corrected chi connectivity index (χ3v) is 6.89. The lowest BCUT2D eigenvalue weighted by molar-refractivity contribution is -0.114. The molecule has 0 saturated heterocycles. The van der Waals surface area contributed by atoms with E-state index in [0.29, 0.717) is 16.7 Å². The Morgan fingerprint density at radius 2 is 1.97 bits per heavy atom. The molecule has 2 aliphatic heterocycles. The highest BCUT2D eigenvalue weighted by molar-refractivity contribution is 8.45. The minimum atomic E-state index is -0.437. The first-order valence-electron chi connectivity index (χ1n) is 9.33. The van der Waals surface area contributed by atoms with Crippen molar-refractivity contribution in [3.8, 4) is 17.2 Å². The number of aromatic nitrogens is 1. The smallest absolute Gasteiger partial charge is 0.283 e. The standard InChI is InChI=1S/C21H21N5O3S2/c1-11-8-13(12(2)25(11)16-7-6-14(28-3)10-17(16)29-4)9-15-18(22)26-20(23-19(15)27)31-21(24-26)30-5/h6-10,22H,1-5H3/b15-9+,22-18?. The number of ether oxygens (including phenoxy) is 2. The summed E-state index contributed by atoms with van der Waals surface area (Å²) in [7, 11) is 3.23. The van der Waals surface area contributed by atoms with Gasteiger partial charge in [-0.05, 0) is 61.7 Å². The van der Waals surface area contributed by atoms with Crippen LogP contribution in [0.2, 0.25) is 0 Å². The van der Waals surface area contributed by atoms with Gasteiger partial charge in [-0.2, -0.15) is 10.0 Å². The summed E-state index contributed by atoms with van der Waals surface area (Å²) in [6, 6.07) is 7.60. The largest absolute Gasteiger partial charge is 0.497 e. The Morgan fingerprint density at radius 3 is 2.65 bits per heavy atom. The van der Waals surface area contributed by atoms with Gasteiger partial charge in [-0.3, -0.25) is 10.2 Å². The lowest BCUT2D eigenvalue weighted by Gasteiger charge is -2.20. The normalized spacial score (nSPS) is 17.1. The molecule has 0 unspecified atom stereocenters. The van der Waals surface area contributed by atoms with Crippen molar-refractivity contribution >= 4 is 50.9 Å². The lowest BCUT2D eigenvalue weighted by Crippen LogP contribution is -2.35. The molecule has 0 aliphatic carbocycles. The SMILES string of the molecule is COc1ccc(-n2c(C)cc(/C=C3\C(=N)N4N=C(SC)SC4=NC3=O)c2C)c(OC)c1. The van der Waals surface area contributed by atoms with Crippen LogP contribution in [0.15, 0.2) is 39.9 Å². The maximum atomic E-state index is 12.7. The molecule has 0 atom stereocenters. The van der Waals surface area contributed by atoms with Crippen molar-refractivity contribution < 1.29 is 14.3 Å². The predicted molar refractivity (Wildman–Crippen MR) is 127 cm³/mol. The minimum Gasteiger partial charge on any atom is -0.497 e. The zero-order valence-electron chi connectivity index (χ0n) is 17.7. The Kier molecular flexibility index (Phi) is 5.67. The van der Waals surface area contributed by atoms with Crippen LogP contribution in [0.3, 0.4) is 0 Å². The molecule has 1 N–H and O–H groups in total. The number of benzene rings is 1. The van der Waals surface area contributed by atoms with Crippen LogP contribution in [0.1, 0.15) is 17.0 Å². The van der Waals surface area contributed by atoms with E-state index in [2.05, 4.69) is 10.1 Å². The molecule has 31 heavy (non-hydrogen) atoms. The van der Waals surface area contributed by atoms with Gasteiger partial charge in [0, 0.05) is 17.5 Å². The van der Waals surface area contributed by atoms with Crippen LogP contribution in [0.5, 0.6) is 11.5 Å². The first-order chi connectivity index (χ1) is 14.9. The summed E-state index contributed by atoms with van der Waals surface area (Å²) in [5.41, 5.74) is 3.76. The van der Waals surface area contributed by atoms with E-state index in [1.165, 1.54) is 28.5 Å². The fourth-order valence-corrected chi connectivity index (χ4v) is 4.83. The molecule has 1 aromatic carbocycles. The number of carbonyl (C=O) groups excluding carboxylic acids is 1. The summed E-state index contributed by atoms with van der Waals surface area (Å²) < 4.78 is 13.7. The van der Waals surface area contributed by atoms with Crippen LogP contribution < -0.4 is 9.47 Å². The number of amides is 1. The number of amidine groups is 2. The van der Waals surface area contributed by atoms with Crippen molar-refractivity contribution in [2.24, 2.45) is 10.1 Å². The lowest BCUT2D eigenvalue weighted by atomic mass is 10.1. The quantitative estimate of drug-likeness (QED) is 0.699. The Hall–Kier alpha value is -2.98. The van der Waals surface area contributed by atoms with E-state index in [-0.39, 0.29) is 11.4 Å². The van der Waals surface area contributed by atoms with Gasteiger partial charge in [0.1, 0.15) is 11.5 Å². The highest BCUT2D eigenvalue weighted by atomic mass is 32.2. The van der Waals surface area contributed by atoms with Crippen molar-refractivity contribution in [2.75, 3.05) is 20.5 Å². The van der Waals surface area contributed by atoms with Crippen molar-refractivity contribution in [3.05, 3.63) is 46.8 Å². The summed E-state index contributed by atoms with van der Waals surface area (Å²) in [5, 5.41) is 14.7. The molecule has 160 valence electrons. The first kappa shape index (κ1) is 21.3. The average molecular weight is 456 g/mol. The predicted octanol–water partition coefficient (Wildman–Crippen LogP) is 4.05. The molecule has 0 fully saturated rings. The van der Waals surface area contributed by atoms with Gasteiger partial charge >= 0.3 is 0 Å². The number of hydrogen-bond donors (Lipinski definition) is 1. The van der Waals surface area contributed by atoms with E-state index >= 15 is 0 Å². The second kappa shape index (κ2) is 8.27. The Labute approximate surface area is 188 Å². The summed E-state index contributed by atoms with van der Waals surface area (Å²) >= 11 is 2.75. The van der Waals surface area contributed by atoms with Gasteiger partial charge in [-0.1, -0.05) is 0 Å². The number of nitrogens with zero attached hydrogens (tertiary/aromatic N) is 4. The summed E-state index contributed by atoms with van der Waals surface area (Å²) in [6.45, 7) is 3.94. The number of nitrogens with one attached hydrogen (secondary N) is 1. The number of hydrazone groups is 1. The van der Waals surface area contributed by atoms with Gasteiger partial charge in [0.05, 0.1) is 25.5 Å². The molecule has 1 amide bonds. The van der Waals surface area contributed by atoms with Crippen LogP contribution in [0, 0.1) is 19.3 Å². The zero-order valence-corrected chi connectivity index (χ0v) is 19.3. The molecule has 3 heterocycles. The number of thioether (sulfide) groups is 2. The molecule has 2 aliphatic rings. The molecule has 0 radical (unpaired) electrons. The fourth-order valence-electron chi connectivity index (χ4n) is 3.49. The van der Waals surface area contributed by atoms with Crippen molar-refractivity contribution in [1.29, 1.82) is 5.41 Å².